The van der Waals surface area contributed by atoms with E-state index in [1.807, 2.05) is 37.3 Å². The Kier molecular flexibility index (Phi) is 7.59. The zero-order valence-corrected chi connectivity index (χ0v) is 22.0. The third-order valence-electron chi connectivity index (χ3n) is 6.44. The molecule has 3 aromatic carbocycles. The van der Waals surface area contributed by atoms with Crippen LogP contribution in [0.1, 0.15) is 36.2 Å². The summed E-state index contributed by atoms with van der Waals surface area (Å²) in [5.74, 6) is -2.34. The van der Waals surface area contributed by atoms with Crippen LogP contribution >= 0.6 is 0 Å². The number of aryl methyl sites for hydroxylation is 1. The Labute approximate surface area is 229 Å². The molecular formula is C32H26F2N4O2. The molecule has 0 amide bonds. The Morgan fingerprint density at radius 1 is 1.00 bits per heavy atom. The van der Waals surface area contributed by atoms with Crippen molar-refractivity contribution in [3.8, 4) is 22.8 Å². The molecule has 2 heterocycles. The topological polar surface area (TPSA) is 91.2 Å². The van der Waals surface area contributed by atoms with Gasteiger partial charge in [-0.05, 0) is 61.4 Å². The van der Waals surface area contributed by atoms with Crippen molar-refractivity contribution in [2.24, 2.45) is 4.99 Å². The molecule has 2 aromatic heterocycles. The quantitative estimate of drug-likeness (QED) is 0.157. The van der Waals surface area contributed by atoms with Crippen molar-refractivity contribution in [3.63, 3.8) is 0 Å². The van der Waals surface area contributed by atoms with Gasteiger partial charge in [-0.3, -0.25) is 4.79 Å². The Morgan fingerprint density at radius 2 is 1.80 bits per heavy atom. The van der Waals surface area contributed by atoms with E-state index < -0.39 is 11.6 Å². The molecule has 5 aromatic rings. The predicted octanol–water partition coefficient (Wildman–Crippen LogP) is 7.71. The number of hydrogen-bond donors (Lipinski definition) is 2. The van der Waals surface area contributed by atoms with Gasteiger partial charge >= 0.3 is 0 Å². The summed E-state index contributed by atoms with van der Waals surface area (Å²) < 4.78 is 35.8. The molecule has 0 saturated carbocycles. The average Bonchev–Trinajstić information content (AvgIpc) is 3.26. The fourth-order valence-corrected chi connectivity index (χ4v) is 4.55. The number of fused-ring (bicyclic) bond motifs is 1. The van der Waals surface area contributed by atoms with Crippen LogP contribution in [0.15, 0.2) is 90.2 Å². The number of benzene rings is 2. The minimum absolute atomic E-state index is 0.0758. The molecule has 0 aliphatic carbocycles. The zero-order chi connectivity index (χ0) is 28.2. The van der Waals surface area contributed by atoms with Gasteiger partial charge in [0.1, 0.15) is 0 Å². The van der Waals surface area contributed by atoms with Crippen LogP contribution in [0.2, 0.25) is 0 Å². The highest BCUT2D eigenvalue weighted by atomic mass is 19.2. The molecule has 0 atom stereocenters. The van der Waals surface area contributed by atoms with Gasteiger partial charge < -0.3 is 15.1 Å². The van der Waals surface area contributed by atoms with Gasteiger partial charge in [-0.15, -0.1) is 0 Å². The first-order chi connectivity index (χ1) is 19.4. The minimum atomic E-state index is -1.11. The van der Waals surface area contributed by atoms with E-state index in [-0.39, 0.29) is 29.4 Å². The number of ketones is 1. The summed E-state index contributed by atoms with van der Waals surface area (Å²) in [4.78, 5) is 24.6. The number of halogens is 2. The van der Waals surface area contributed by atoms with Gasteiger partial charge in [0, 0.05) is 52.7 Å². The monoisotopic (exact) mass is 536 g/mol. The largest absolute Gasteiger partial charge is 0.436 e. The molecule has 0 bridgehead atoms. The Morgan fingerprint density at radius 3 is 2.55 bits per heavy atom. The highest BCUT2D eigenvalue weighted by Crippen LogP contribution is 2.34. The van der Waals surface area contributed by atoms with E-state index >= 15 is 8.78 Å². The van der Waals surface area contributed by atoms with Gasteiger partial charge in [-0.1, -0.05) is 31.2 Å². The molecule has 0 fully saturated rings. The first-order valence-electron chi connectivity index (χ1n) is 12.8. The molecule has 0 unspecified atom stereocenters. The number of hydrogen-bond acceptors (Lipinski definition) is 5. The normalized spacial score (nSPS) is 11.6. The molecule has 2 N–H and O–H groups in total. The summed E-state index contributed by atoms with van der Waals surface area (Å²) in [7, 11) is 0. The van der Waals surface area contributed by atoms with Crippen LogP contribution in [-0.2, 0) is 6.42 Å². The zero-order valence-electron chi connectivity index (χ0n) is 22.0. The Bertz CT molecular complexity index is 1810. The number of pyridine rings is 1. The molecule has 0 spiro atoms. The van der Waals surface area contributed by atoms with Crippen LogP contribution in [0, 0.1) is 17.0 Å². The maximum absolute atomic E-state index is 15.3. The molecule has 40 heavy (non-hydrogen) atoms. The van der Waals surface area contributed by atoms with E-state index in [1.54, 1.807) is 43.5 Å². The number of carbonyl (C=O) groups excluding carboxylic acids is 1. The molecule has 200 valence electrons. The van der Waals surface area contributed by atoms with E-state index in [9.17, 15) is 4.79 Å². The van der Waals surface area contributed by atoms with Gasteiger partial charge in [0.05, 0.1) is 16.6 Å². The SMILES string of the molecule is CCc1cc(N=c2ccccc3c(-c4ccc(Oc5ccccn5)c(F)c4F)c[nH]c23)ccc1C(=O)CC(C)=N. The fraction of sp³-hybridized carbons (Fsp3) is 0.125. The lowest BCUT2D eigenvalue weighted by Gasteiger charge is -2.09. The molecular weight excluding hydrogens is 510 g/mol. The molecule has 5 rings (SSSR count). The third kappa shape index (κ3) is 5.42. The van der Waals surface area contributed by atoms with E-state index in [2.05, 4.69) is 9.97 Å². The minimum Gasteiger partial charge on any atom is -0.436 e. The lowest BCUT2D eigenvalue weighted by atomic mass is 9.98. The molecule has 8 heteroatoms. The van der Waals surface area contributed by atoms with Crippen LogP contribution in [0.5, 0.6) is 11.6 Å². The van der Waals surface area contributed by atoms with E-state index in [1.165, 1.54) is 18.3 Å². The summed E-state index contributed by atoms with van der Waals surface area (Å²) in [6, 6.07) is 20.5. The molecule has 0 aliphatic rings. The van der Waals surface area contributed by atoms with E-state index in [0.717, 1.165) is 5.56 Å². The molecule has 0 saturated heterocycles. The summed E-state index contributed by atoms with van der Waals surface area (Å²) in [5, 5.41) is 8.89. The molecule has 6 nitrogen and oxygen atoms in total. The van der Waals surface area contributed by atoms with Gasteiger partial charge in [0.25, 0.3) is 0 Å². The van der Waals surface area contributed by atoms with Crippen molar-refractivity contribution in [2.45, 2.75) is 26.7 Å². The van der Waals surface area contributed by atoms with Crippen LogP contribution in [0.25, 0.3) is 22.0 Å². The summed E-state index contributed by atoms with van der Waals surface area (Å²) in [6.45, 7) is 3.58. The lowest BCUT2D eigenvalue weighted by molar-refractivity contribution is 0.0999. The number of nitrogens with zero attached hydrogens (tertiary/aromatic N) is 2. The first-order valence-corrected chi connectivity index (χ1v) is 12.8. The van der Waals surface area contributed by atoms with Crippen molar-refractivity contribution in [3.05, 3.63) is 113 Å². The first kappa shape index (κ1) is 26.6. The van der Waals surface area contributed by atoms with E-state index in [0.29, 0.717) is 45.2 Å². The number of aromatic nitrogens is 2. The number of Topliss-reactive ketones (excluding diaryl/α,β-unsaturated/α-hetero) is 1. The van der Waals surface area contributed by atoms with Crippen LogP contribution in [-0.4, -0.2) is 21.5 Å². The maximum Gasteiger partial charge on any atom is 0.219 e. The molecule has 0 radical (unpaired) electrons. The lowest BCUT2D eigenvalue weighted by Crippen LogP contribution is -2.07. The van der Waals surface area contributed by atoms with Gasteiger partial charge in [-0.2, -0.15) is 4.39 Å². The smallest absolute Gasteiger partial charge is 0.219 e. The van der Waals surface area contributed by atoms with Crippen molar-refractivity contribution in [1.29, 1.82) is 5.41 Å². The second-order valence-electron chi connectivity index (χ2n) is 9.29. The van der Waals surface area contributed by atoms with Gasteiger partial charge in [-0.25, -0.2) is 14.4 Å². The third-order valence-corrected chi connectivity index (χ3v) is 6.44. The molecule has 0 aliphatic heterocycles. The average molecular weight is 537 g/mol. The second kappa shape index (κ2) is 11.4. The van der Waals surface area contributed by atoms with Crippen molar-refractivity contribution in [1.82, 2.24) is 9.97 Å². The Hall–Kier alpha value is -4.98. The van der Waals surface area contributed by atoms with Crippen LogP contribution < -0.4 is 10.1 Å². The van der Waals surface area contributed by atoms with Gasteiger partial charge in [0.2, 0.25) is 11.7 Å². The Balaban J connectivity index is 1.56. The van der Waals surface area contributed by atoms with E-state index in [4.69, 9.17) is 15.1 Å². The number of ether oxygens (including phenoxy) is 1. The number of rotatable bonds is 8. The van der Waals surface area contributed by atoms with Gasteiger partial charge in [0.15, 0.2) is 17.3 Å². The highest BCUT2D eigenvalue weighted by molar-refractivity contribution is 6.09. The standard InChI is InChI=1S/C32H26F2N4O2/c1-3-20-17-21(11-12-22(20)27(39)16-19(2)35)38-26-9-5-4-8-24-25(18-37-32(24)26)23-13-14-28(31(34)30(23)33)40-29-10-6-7-15-36-29/h4-15,17-18,35,37H,3,16H2,1-2H3. The summed E-state index contributed by atoms with van der Waals surface area (Å²) >= 11 is 0. The predicted molar refractivity (Wildman–Crippen MR) is 151 cm³/mol. The van der Waals surface area contributed by atoms with Crippen molar-refractivity contribution in [2.75, 3.05) is 0 Å². The van der Waals surface area contributed by atoms with Crippen molar-refractivity contribution < 1.29 is 18.3 Å². The fourth-order valence-electron chi connectivity index (χ4n) is 4.55. The summed E-state index contributed by atoms with van der Waals surface area (Å²) in [5.41, 5.74) is 3.60. The highest BCUT2D eigenvalue weighted by Gasteiger charge is 2.19. The number of H-pyrrole nitrogens is 1. The van der Waals surface area contributed by atoms with Crippen LogP contribution in [0.3, 0.4) is 0 Å². The van der Waals surface area contributed by atoms with Crippen LogP contribution in [0.4, 0.5) is 14.5 Å². The second-order valence-corrected chi connectivity index (χ2v) is 9.29. The maximum atomic E-state index is 15.3. The van der Waals surface area contributed by atoms with Crippen molar-refractivity contribution >= 4 is 28.1 Å². The number of aromatic amines is 1. The summed E-state index contributed by atoms with van der Waals surface area (Å²) in [6.07, 6.45) is 3.84. The number of carbonyl (C=O) groups is 1. The number of nitrogens with one attached hydrogen (secondary N) is 2.